The smallest absolute Gasteiger partial charge is 0.328 e. The van der Waals surface area contributed by atoms with Crippen LogP contribution in [0.2, 0.25) is 0 Å². The highest BCUT2D eigenvalue weighted by atomic mass is 32.1. The quantitative estimate of drug-likeness (QED) is 0.222. The highest BCUT2D eigenvalue weighted by molar-refractivity contribution is 7.12. The third-order valence-electron chi connectivity index (χ3n) is 5.36. The number of hydrogen-bond acceptors (Lipinski definition) is 8. The van der Waals surface area contributed by atoms with Gasteiger partial charge in [-0.2, -0.15) is 5.10 Å². The Morgan fingerprint density at radius 3 is 2.59 bits per heavy atom. The molecule has 37 heavy (non-hydrogen) atoms. The third kappa shape index (κ3) is 6.09. The molecule has 0 saturated carbocycles. The van der Waals surface area contributed by atoms with Gasteiger partial charge in [0.05, 0.1) is 40.1 Å². The van der Waals surface area contributed by atoms with Crippen LogP contribution in [-0.2, 0) is 4.79 Å². The molecule has 11 nitrogen and oxygen atoms in total. The summed E-state index contributed by atoms with van der Waals surface area (Å²) in [6, 6.07) is 7.73. The molecule has 2 amide bonds. The summed E-state index contributed by atoms with van der Waals surface area (Å²) in [6.07, 6.45) is 1.72. The van der Waals surface area contributed by atoms with E-state index < -0.39 is 23.8 Å². The second-order valence-corrected chi connectivity index (χ2v) is 8.88. The number of anilines is 1. The molecule has 5 N–H and O–H groups in total. The Morgan fingerprint density at radius 1 is 1.11 bits per heavy atom. The van der Waals surface area contributed by atoms with Crippen molar-refractivity contribution in [2.24, 2.45) is 0 Å². The Hall–Kier alpha value is -4.76. The molecule has 0 spiro atoms. The predicted octanol–water partition coefficient (Wildman–Crippen LogP) is 2.11. The fourth-order valence-electron chi connectivity index (χ4n) is 3.58. The van der Waals surface area contributed by atoms with Crippen LogP contribution in [0.5, 0.6) is 0 Å². The number of fused-ring (bicyclic) bond motifs is 1. The fourth-order valence-corrected chi connectivity index (χ4v) is 4.22. The average molecular weight is 518 g/mol. The Balaban J connectivity index is 1.38. The van der Waals surface area contributed by atoms with E-state index in [9.17, 15) is 19.5 Å². The molecule has 1 atom stereocenters. The first-order valence-corrected chi connectivity index (χ1v) is 12.1. The summed E-state index contributed by atoms with van der Waals surface area (Å²) in [4.78, 5) is 45.8. The maximum absolute atomic E-state index is 12.9. The number of H-pyrrole nitrogens is 1. The largest absolute Gasteiger partial charge is 0.480 e. The number of rotatable bonds is 8. The summed E-state index contributed by atoms with van der Waals surface area (Å²) >= 11 is 1.23. The molecular weight excluding hydrogens is 494 g/mol. The van der Waals surface area contributed by atoms with Gasteiger partial charge in [-0.1, -0.05) is 24.0 Å². The molecule has 1 unspecified atom stereocenters. The molecule has 0 saturated heterocycles. The normalized spacial score (nSPS) is 11.3. The van der Waals surface area contributed by atoms with Crippen molar-refractivity contribution in [2.75, 3.05) is 18.4 Å². The molecule has 4 rings (SSSR count). The van der Waals surface area contributed by atoms with Gasteiger partial charge in [0.15, 0.2) is 0 Å². The average Bonchev–Trinajstić information content (AvgIpc) is 3.56. The number of aromatic nitrogens is 4. The van der Waals surface area contributed by atoms with E-state index in [0.29, 0.717) is 22.2 Å². The van der Waals surface area contributed by atoms with Crippen molar-refractivity contribution in [1.29, 1.82) is 0 Å². The van der Waals surface area contributed by atoms with Crippen LogP contribution in [0.15, 0.2) is 41.9 Å². The summed E-state index contributed by atoms with van der Waals surface area (Å²) < 4.78 is 0. The van der Waals surface area contributed by atoms with Crippen LogP contribution in [0.3, 0.4) is 0 Å². The van der Waals surface area contributed by atoms with Gasteiger partial charge in [-0.05, 0) is 37.4 Å². The van der Waals surface area contributed by atoms with Gasteiger partial charge in [-0.25, -0.2) is 14.8 Å². The lowest BCUT2D eigenvalue weighted by molar-refractivity contribution is -0.139. The van der Waals surface area contributed by atoms with Crippen molar-refractivity contribution in [3.63, 3.8) is 0 Å². The van der Waals surface area contributed by atoms with Crippen molar-refractivity contribution >= 4 is 46.0 Å². The first-order chi connectivity index (χ1) is 17.8. The maximum atomic E-state index is 12.9. The standard InChI is InChI=1S/C25H23N7O4S/c1-14-21(23(34)31-19(24(35)36)13-27-22(33)20-9-5-11-37-20)15(2)30-25(29-14)26-10-4-7-16-6-3-8-18-17(16)12-28-32-18/h3,5-6,8-9,11-12,19H,10,13H2,1-2H3,(H,27,33)(H,28,32)(H,31,34)(H,35,36)(H,26,29,30). The predicted molar refractivity (Wildman–Crippen MR) is 139 cm³/mol. The number of amides is 2. The lowest BCUT2D eigenvalue weighted by atomic mass is 10.1. The summed E-state index contributed by atoms with van der Waals surface area (Å²) in [5.41, 5.74) is 2.65. The maximum Gasteiger partial charge on any atom is 0.328 e. The fraction of sp³-hybridized carbons (Fsp3) is 0.200. The van der Waals surface area contributed by atoms with Gasteiger partial charge in [-0.3, -0.25) is 14.7 Å². The van der Waals surface area contributed by atoms with Crippen LogP contribution in [0.25, 0.3) is 10.9 Å². The van der Waals surface area contributed by atoms with Gasteiger partial charge < -0.3 is 21.1 Å². The first-order valence-electron chi connectivity index (χ1n) is 11.2. The molecule has 188 valence electrons. The summed E-state index contributed by atoms with van der Waals surface area (Å²) in [5.74, 6) is 4.06. The molecular formula is C25H23N7O4S. The molecule has 0 bridgehead atoms. The number of aryl methyl sites for hydroxylation is 2. The Morgan fingerprint density at radius 2 is 1.89 bits per heavy atom. The second kappa shape index (κ2) is 11.3. The van der Waals surface area contributed by atoms with Crippen LogP contribution in [0, 0.1) is 25.7 Å². The highest BCUT2D eigenvalue weighted by Crippen LogP contribution is 2.15. The van der Waals surface area contributed by atoms with Crippen molar-refractivity contribution < 1.29 is 19.5 Å². The molecule has 12 heteroatoms. The van der Waals surface area contributed by atoms with Crippen molar-refractivity contribution in [2.45, 2.75) is 19.9 Å². The van der Waals surface area contributed by atoms with Gasteiger partial charge in [0.2, 0.25) is 5.95 Å². The summed E-state index contributed by atoms with van der Waals surface area (Å²) in [5, 5.41) is 27.1. The number of aliphatic carboxylic acids is 1. The minimum Gasteiger partial charge on any atom is -0.480 e. The van der Waals surface area contributed by atoms with E-state index in [1.54, 1.807) is 37.6 Å². The van der Waals surface area contributed by atoms with Crippen molar-refractivity contribution in [1.82, 2.24) is 30.8 Å². The van der Waals surface area contributed by atoms with Crippen LogP contribution in [-0.4, -0.2) is 62.2 Å². The number of carboxylic acid groups (broad SMARTS) is 1. The lowest BCUT2D eigenvalue weighted by Crippen LogP contribution is -2.48. The number of aromatic amines is 1. The molecule has 0 aliphatic rings. The number of hydrogen-bond donors (Lipinski definition) is 5. The monoisotopic (exact) mass is 517 g/mol. The SMILES string of the molecule is Cc1nc(NCC#Cc2cccc3[nH]ncc23)nc(C)c1C(=O)NC(CNC(=O)c1cccs1)C(=O)O. The molecule has 0 radical (unpaired) electrons. The Labute approximate surface area is 215 Å². The molecule has 0 aliphatic carbocycles. The van der Waals surface area contributed by atoms with Gasteiger partial charge in [0.1, 0.15) is 6.04 Å². The zero-order chi connectivity index (χ0) is 26.4. The topological polar surface area (TPSA) is 162 Å². The molecule has 0 aliphatic heterocycles. The van der Waals surface area contributed by atoms with Gasteiger partial charge in [-0.15, -0.1) is 11.3 Å². The van der Waals surface area contributed by atoms with E-state index >= 15 is 0 Å². The number of nitrogens with one attached hydrogen (secondary N) is 4. The summed E-state index contributed by atoms with van der Waals surface area (Å²) in [7, 11) is 0. The van der Waals surface area contributed by atoms with E-state index in [-0.39, 0.29) is 18.7 Å². The Bertz CT molecular complexity index is 1500. The van der Waals surface area contributed by atoms with E-state index in [4.69, 9.17) is 0 Å². The van der Waals surface area contributed by atoms with Crippen LogP contribution in [0.4, 0.5) is 5.95 Å². The highest BCUT2D eigenvalue weighted by Gasteiger charge is 2.24. The molecule has 0 fully saturated rings. The van der Waals surface area contributed by atoms with E-state index in [1.807, 2.05) is 18.2 Å². The zero-order valence-electron chi connectivity index (χ0n) is 20.0. The van der Waals surface area contributed by atoms with Crippen molar-refractivity contribution in [3.05, 3.63) is 69.3 Å². The first kappa shape index (κ1) is 25.3. The third-order valence-corrected chi connectivity index (χ3v) is 6.22. The minimum atomic E-state index is -1.33. The van der Waals surface area contributed by atoms with E-state index in [2.05, 4.69) is 48.0 Å². The zero-order valence-corrected chi connectivity index (χ0v) is 20.8. The van der Waals surface area contributed by atoms with Gasteiger partial charge >= 0.3 is 5.97 Å². The lowest BCUT2D eigenvalue weighted by Gasteiger charge is -2.17. The summed E-state index contributed by atoms with van der Waals surface area (Å²) in [6.45, 7) is 3.26. The number of carbonyl (C=O) groups excluding carboxylic acids is 2. The number of carboxylic acids is 1. The van der Waals surface area contributed by atoms with Crippen LogP contribution >= 0.6 is 11.3 Å². The van der Waals surface area contributed by atoms with Gasteiger partial charge in [0.25, 0.3) is 11.8 Å². The number of nitrogens with zero attached hydrogens (tertiary/aromatic N) is 3. The van der Waals surface area contributed by atoms with Gasteiger partial charge in [0, 0.05) is 17.5 Å². The number of carbonyl (C=O) groups is 3. The van der Waals surface area contributed by atoms with E-state index in [1.165, 1.54) is 11.3 Å². The second-order valence-electron chi connectivity index (χ2n) is 7.94. The van der Waals surface area contributed by atoms with Crippen LogP contribution < -0.4 is 16.0 Å². The van der Waals surface area contributed by atoms with Crippen molar-refractivity contribution in [3.8, 4) is 11.8 Å². The minimum absolute atomic E-state index is 0.166. The van der Waals surface area contributed by atoms with E-state index in [0.717, 1.165) is 16.5 Å². The number of benzene rings is 1. The molecule has 1 aromatic carbocycles. The molecule has 3 aromatic heterocycles. The Kier molecular flexibility index (Phi) is 7.75. The molecule has 4 aromatic rings. The molecule has 3 heterocycles. The van der Waals surface area contributed by atoms with Crippen LogP contribution in [0.1, 0.15) is 37.0 Å². The number of thiophene rings is 1.